The van der Waals surface area contributed by atoms with Gasteiger partial charge in [-0.05, 0) is 37.8 Å². The number of aliphatic hydroxyl groups is 1. The van der Waals surface area contributed by atoms with Crippen LogP contribution in [-0.2, 0) is 0 Å². The number of carbonyl (C=O) groups is 1. The lowest BCUT2D eigenvalue weighted by molar-refractivity contribution is 0.0995. The molecular weight excluding hydrogens is 436 g/mol. The van der Waals surface area contributed by atoms with Crippen LogP contribution in [0.25, 0.3) is 28.5 Å². The van der Waals surface area contributed by atoms with E-state index in [0.29, 0.717) is 36.9 Å². The van der Waals surface area contributed by atoms with Crippen molar-refractivity contribution < 1.29 is 23.1 Å². The third kappa shape index (κ3) is 4.00. The number of nitrogens with zero attached hydrogens (tertiary/aromatic N) is 6. The zero-order valence-corrected chi connectivity index (χ0v) is 17.2. The van der Waals surface area contributed by atoms with E-state index >= 15 is 0 Å². The highest BCUT2D eigenvalue weighted by Crippen LogP contribution is 2.33. The molecule has 0 atom stereocenters. The number of aromatic nitrogens is 6. The van der Waals surface area contributed by atoms with Gasteiger partial charge >= 0.3 is 0 Å². The first kappa shape index (κ1) is 20.9. The first-order valence-electron chi connectivity index (χ1n) is 10.3. The first-order valence-corrected chi connectivity index (χ1v) is 10.3. The van der Waals surface area contributed by atoms with E-state index in [1.54, 1.807) is 17.1 Å². The minimum absolute atomic E-state index is 0.0163. The molecule has 4 heterocycles. The molecule has 5 rings (SSSR count). The highest BCUT2D eigenvalue weighted by atomic mass is 19.1. The molecule has 0 unspecified atom stereocenters. The van der Waals surface area contributed by atoms with Crippen LogP contribution in [-0.4, -0.2) is 46.6 Å². The molecule has 4 aromatic rings. The second-order valence-electron chi connectivity index (χ2n) is 7.85. The number of oxazole rings is 1. The molecule has 0 saturated heterocycles. The molecule has 1 saturated carbocycles. The fourth-order valence-corrected chi connectivity index (χ4v) is 3.90. The summed E-state index contributed by atoms with van der Waals surface area (Å²) in [7, 11) is 0. The van der Waals surface area contributed by atoms with Gasteiger partial charge in [0.2, 0.25) is 11.8 Å². The van der Waals surface area contributed by atoms with Crippen LogP contribution in [0.15, 0.2) is 41.4 Å². The fourth-order valence-electron chi connectivity index (χ4n) is 3.90. The zero-order chi connectivity index (χ0) is 23.1. The van der Waals surface area contributed by atoms with Gasteiger partial charge in [-0.1, -0.05) is 0 Å². The Balaban J connectivity index is 1.58. The van der Waals surface area contributed by atoms with Crippen LogP contribution in [0.5, 0.6) is 0 Å². The average Bonchev–Trinajstić information content (AvgIpc) is 3.54. The molecule has 0 spiro atoms. The molecule has 3 N–H and O–H groups in total. The van der Waals surface area contributed by atoms with E-state index in [-0.39, 0.29) is 35.1 Å². The Morgan fingerprint density at radius 1 is 1.12 bits per heavy atom. The van der Waals surface area contributed by atoms with Crippen LogP contribution >= 0.6 is 0 Å². The van der Waals surface area contributed by atoms with E-state index in [9.17, 15) is 18.7 Å². The molecule has 33 heavy (non-hydrogen) atoms. The summed E-state index contributed by atoms with van der Waals surface area (Å²) in [4.78, 5) is 19.0. The number of aliphatic hydroxyl groups excluding tert-OH is 1. The number of hydrogen-bond acceptors (Lipinski definition) is 7. The van der Waals surface area contributed by atoms with E-state index in [4.69, 9.17) is 10.2 Å². The van der Waals surface area contributed by atoms with Gasteiger partial charge in [0.15, 0.2) is 11.5 Å². The summed E-state index contributed by atoms with van der Waals surface area (Å²) < 4.78 is 36.8. The third-order valence-electron chi connectivity index (χ3n) is 5.62. The van der Waals surface area contributed by atoms with Crippen LogP contribution in [0.1, 0.15) is 42.2 Å². The molecule has 1 fully saturated rings. The molecule has 1 aliphatic carbocycles. The van der Waals surface area contributed by atoms with Crippen molar-refractivity contribution in [2.75, 3.05) is 0 Å². The lowest BCUT2D eigenvalue weighted by Crippen LogP contribution is -2.21. The Bertz CT molecular complexity index is 1320. The average molecular weight is 455 g/mol. The molecule has 0 aliphatic heterocycles. The SMILES string of the molecule is NC(=O)c1coc(-c2cnn(-c3cn(C4CCC(O)CC4)nc3-c3nc(F)ccc3F)c2)n1. The van der Waals surface area contributed by atoms with Crippen molar-refractivity contribution in [3.63, 3.8) is 0 Å². The topological polar surface area (TPSA) is 138 Å². The molecular formula is C21H19F2N7O3. The third-order valence-corrected chi connectivity index (χ3v) is 5.62. The van der Waals surface area contributed by atoms with E-state index in [0.717, 1.165) is 18.4 Å². The second-order valence-corrected chi connectivity index (χ2v) is 7.85. The largest absolute Gasteiger partial charge is 0.444 e. The number of amides is 1. The smallest absolute Gasteiger partial charge is 0.270 e. The van der Waals surface area contributed by atoms with Gasteiger partial charge in [-0.3, -0.25) is 9.48 Å². The molecule has 1 aliphatic rings. The van der Waals surface area contributed by atoms with E-state index in [1.807, 2.05) is 0 Å². The summed E-state index contributed by atoms with van der Waals surface area (Å²) in [6, 6.07) is 1.91. The maximum absolute atomic E-state index is 14.6. The number of rotatable bonds is 5. The summed E-state index contributed by atoms with van der Waals surface area (Å²) in [5.41, 5.74) is 5.85. The molecule has 4 aromatic heterocycles. The second kappa shape index (κ2) is 8.20. The Kier molecular flexibility index (Phi) is 5.21. The van der Waals surface area contributed by atoms with Gasteiger partial charge in [-0.15, -0.1) is 0 Å². The molecule has 12 heteroatoms. The fraction of sp³-hybridized carbons (Fsp3) is 0.286. The van der Waals surface area contributed by atoms with Crippen molar-refractivity contribution in [2.45, 2.75) is 37.8 Å². The predicted octanol–water partition coefficient (Wildman–Crippen LogP) is 2.64. The summed E-state index contributed by atoms with van der Waals surface area (Å²) in [5.74, 6) is -2.17. The van der Waals surface area contributed by atoms with Gasteiger partial charge in [0.25, 0.3) is 5.91 Å². The first-order chi connectivity index (χ1) is 15.9. The summed E-state index contributed by atoms with van der Waals surface area (Å²) in [6.45, 7) is 0. The monoisotopic (exact) mass is 455 g/mol. The summed E-state index contributed by atoms with van der Waals surface area (Å²) in [5, 5.41) is 18.6. The van der Waals surface area contributed by atoms with Crippen molar-refractivity contribution in [2.24, 2.45) is 5.73 Å². The van der Waals surface area contributed by atoms with E-state index < -0.39 is 17.7 Å². The Labute approximate surface area is 185 Å². The molecule has 0 bridgehead atoms. The highest BCUT2D eigenvalue weighted by molar-refractivity contribution is 5.90. The Morgan fingerprint density at radius 2 is 1.91 bits per heavy atom. The number of primary amides is 1. The van der Waals surface area contributed by atoms with Crippen LogP contribution in [0, 0.1) is 11.8 Å². The minimum atomic E-state index is -0.840. The van der Waals surface area contributed by atoms with Gasteiger partial charge < -0.3 is 15.3 Å². The van der Waals surface area contributed by atoms with Gasteiger partial charge in [0, 0.05) is 6.20 Å². The number of carbonyl (C=O) groups excluding carboxylic acids is 1. The van der Waals surface area contributed by atoms with Crippen molar-refractivity contribution in [1.82, 2.24) is 29.5 Å². The van der Waals surface area contributed by atoms with Crippen molar-refractivity contribution in [3.05, 3.63) is 54.4 Å². The van der Waals surface area contributed by atoms with Crippen LogP contribution in [0.4, 0.5) is 8.78 Å². The van der Waals surface area contributed by atoms with Crippen LogP contribution < -0.4 is 5.73 Å². The Hall–Kier alpha value is -3.93. The zero-order valence-electron chi connectivity index (χ0n) is 17.2. The molecule has 1 amide bonds. The lowest BCUT2D eigenvalue weighted by Gasteiger charge is -2.25. The number of halogens is 2. The predicted molar refractivity (Wildman–Crippen MR) is 110 cm³/mol. The van der Waals surface area contributed by atoms with Crippen molar-refractivity contribution in [1.29, 1.82) is 0 Å². The van der Waals surface area contributed by atoms with E-state index in [1.165, 1.54) is 10.9 Å². The molecule has 0 aromatic carbocycles. The molecule has 0 radical (unpaired) electrons. The highest BCUT2D eigenvalue weighted by Gasteiger charge is 2.26. The quantitative estimate of drug-likeness (QED) is 0.441. The van der Waals surface area contributed by atoms with Crippen LogP contribution in [0.2, 0.25) is 0 Å². The normalized spacial score (nSPS) is 18.5. The van der Waals surface area contributed by atoms with Gasteiger partial charge in [-0.2, -0.15) is 14.6 Å². The maximum atomic E-state index is 14.6. The number of hydrogen-bond donors (Lipinski definition) is 2. The van der Waals surface area contributed by atoms with Crippen molar-refractivity contribution >= 4 is 5.91 Å². The summed E-state index contributed by atoms with van der Waals surface area (Å²) in [6.07, 6.45) is 8.12. The number of nitrogens with two attached hydrogens (primary N) is 1. The van der Waals surface area contributed by atoms with Crippen LogP contribution in [0.3, 0.4) is 0 Å². The molecule has 10 nitrogen and oxygen atoms in total. The standard InChI is InChI=1S/C21H19F2N7O3/c22-14-5-6-17(23)27-18(14)19-16(9-29(28-19)12-1-3-13(31)4-2-12)30-8-11(7-25-30)21-26-15(10-33-21)20(24)32/h5-10,12-13,31H,1-4H2,(H2,24,32). The number of pyridine rings is 1. The van der Waals surface area contributed by atoms with Gasteiger partial charge in [-0.25, -0.2) is 19.0 Å². The van der Waals surface area contributed by atoms with Gasteiger partial charge in [0.05, 0.1) is 30.1 Å². The van der Waals surface area contributed by atoms with E-state index in [2.05, 4.69) is 20.2 Å². The summed E-state index contributed by atoms with van der Waals surface area (Å²) >= 11 is 0. The van der Waals surface area contributed by atoms with Gasteiger partial charge in [0.1, 0.15) is 23.3 Å². The lowest BCUT2D eigenvalue weighted by atomic mass is 9.93. The maximum Gasteiger partial charge on any atom is 0.270 e. The minimum Gasteiger partial charge on any atom is -0.444 e. The molecule has 170 valence electrons. The van der Waals surface area contributed by atoms with Crippen molar-refractivity contribution in [3.8, 4) is 28.5 Å². The Morgan fingerprint density at radius 3 is 2.64 bits per heavy atom.